The van der Waals surface area contributed by atoms with Crippen molar-refractivity contribution in [3.8, 4) is 5.75 Å². The molecule has 4 aromatic rings. The number of hydrogen-bond donors (Lipinski definition) is 2. The molecule has 2 aromatic heterocycles. The fourth-order valence-electron chi connectivity index (χ4n) is 6.14. The maximum atomic E-state index is 15.2. The fraction of sp³-hybridized carbons (Fsp3) is 0.353. The van der Waals surface area contributed by atoms with Crippen LogP contribution in [0.3, 0.4) is 0 Å². The number of carbonyl (C=O) groups excluding carboxylic acids is 1. The smallest absolute Gasteiger partial charge is 0.214 e. The molecule has 6 rings (SSSR count). The lowest BCUT2D eigenvalue weighted by Gasteiger charge is -2.34. The number of aromatic nitrogens is 3. The number of nitrogens with one attached hydrogen (secondary N) is 1. The lowest BCUT2D eigenvalue weighted by molar-refractivity contribution is 0.103. The fourth-order valence-corrected chi connectivity index (χ4v) is 6.31. The van der Waals surface area contributed by atoms with E-state index in [2.05, 4.69) is 35.8 Å². The molecule has 0 bridgehead atoms. The normalized spacial score (nSPS) is 18.5. The van der Waals surface area contributed by atoms with E-state index < -0.39 is 0 Å². The van der Waals surface area contributed by atoms with Crippen molar-refractivity contribution in [2.75, 3.05) is 18.8 Å². The van der Waals surface area contributed by atoms with Gasteiger partial charge in [-0.1, -0.05) is 30.7 Å². The number of para-hydroxylation sites is 1. The summed E-state index contributed by atoms with van der Waals surface area (Å²) in [7, 11) is 0. The minimum atomic E-state index is -0.284. The highest BCUT2D eigenvalue weighted by Crippen LogP contribution is 2.35. The number of halogens is 2. The topological polar surface area (TPSA) is 89.2 Å². The number of rotatable bonds is 7. The second-order valence-corrected chi connectivity index (χ2v) is 12.3. The summed E-state index contributed by atoms with van der Waals surface area (Å²) in [4.78, 5) is 19.2. The summed E-state index contributed by atoms with van der Waals surface area (Å²) in [6.45, 7) is 8.40. The second-order valence-electron chi connectivity index (χ2n) is 11.9. The lowest BCUT2D eigenvalue weighted by atomic mass is 9.88. The summed E-state index contributed by atoms with van der Waals surface area (Å²) in [5, 5.41) is 5.68. The van der Waals surface area contributed by atoms with E-state index in [0.717, 1.165) is 49.3 Å². The first-order chi connectivity index (χ1) is 20.7. The zero-order chi connectivity index (χ0) is 30.2. The predicted octanol–water partition coefficient (Wildman–Crippen LogP) is 7.79. The van der Waals surface area contributed by atoms with Crippen LogP contribution in [-0.2, 0) is 0 Å². The van der Waals surface area contributed by atoms with Gasteiger partial charge in [0.2, 0.25) is 5.78 Å². The van der Waals surface area contributed by atoms with Gasteiger partial charge in [0.05, 0.1) is 22.5 Å². The molecule has 2 aliphatic rings. The van der Waals surface area contributed by atoms with E-state index in [1.54, 1.807) is 16.8 Å². The molecular formula is C34H37ClFN5O2. The van der Waals surface area contributed by atoms with Gasteiger partial charge in [-0.2, -0.15) is 5.10 Å². The van der Waals surface area contributed by atoms with E-state index in [1.807, 2.05) is 36.4 Å². The van der Waals surface area contributed by atoms with Crippen molar-refractivity contribution < 1.29 is 13.9 Å². The van der Waals surface area contributed by atoms with Gasteiger partial charge in [0.25, 0.3) is 0 Å². The van der Waals surface area contributed by atoms with E-state index in [0.29, 0.717) is 45.4 Å². The largest absolute Gasteiger partial charge is 0.460 e. The number of nitrogens with two attached hydrogens (primary N) is 1. The molecule has 43 heavy (non-hydrogen) atoms. The Kier molecular flexibility index (Phi) is 8.16. The summed E-state index contributed by atoms with van der Waals surface area (Å²) in [6.07, 6.45) is 8.66. The third-order valence-electron chi connectivity index (χ3n) is 8.83. The number of piperidine rings is 1. The predicted molar refractivity (Wildman–Crippen MR) is 170 cm³/mol. The molecule has 224 valence electrons. The number of carbonyl (C=O) groups is 1. The van der Waals surface area contributed by atoms with E-state index in [-0.39, 0.29) is 29.3 Å². The van der Waals surface area contributed by atoms with Crippen LogP contribution in [0.15, 0.2) is 66.6 Å². The molecule has 0 saturated carbocycles. The number of hydrogen-bond acceptors (Lipinski definition) is 5. The highest BCUT2D eigenvalue weighted by Gasteiger charge is 2.26. The molecule has 9 heteroatoms. The number of H-pyrrole nitrogens is 1. The molecule has 1 fully saturated rings. The zero-order valence-corrected chi connectivity index (χ0v) is 25.5. The Bertz CT molecular complexity index is 1730. The molecule has 7 nitrogen and oxygen atoms in total. The van der Waals surface area contributed by atoms with Crippen molar-refractivity contribution in [1.29, 1.82) is 0 Å². The van der Waals surface area contributed by atoms with Crippen molar-refractivity contribution in [3.63, 3.8) is 0 Å². The quantitative estimate of drug-likeness (QED) is 0.211. The van der Waals surface area contributed by atoms with Gasteiger partial charge in [-0.3, -0.25) is 4.79 Å². The minimum absolute atomic E-state index is 0.141. The molecule has 1 atom stereocenters. The van der Waals surface area contributed by atoms with Crippen molar-refractivity contribution in [2.45, 2.75) is 58.4 Å². The SMILES string of the molecule is CC1CCC(n2ncc(C(=O)c3cc4cc(F)c(C5CCN(C(C)C)CC5)cc4[nH]3)c2N)=CC=C1Oc1ccccc1Cl. The van der Waals surface area contributed by atoms with Gasteiger partial charge in [-0.05, 0) is 107 Å². The average molecular weight is 602 g/mol. The number of aromatic amines is 1. The molecule has 3 N–H and O–H groups in total. The van der Waals surface area contributed by atoms with Crippen LogP contribution in [0, 0.1) is 11.7 Å². The van der Waals surface area contributed by atoms with Gasteiger partial charge in [-0.15, -0.1) is 0 Å². The van der Waals surface area contributed by atoms with Crippen molar-refractivity contribution in [2.24, 2.45) is 5.92 Å². The Morgan fingerprint density at radius 3 is 2.65 bits per heavy atom. The van der Waals surface area contributed by atoms with E-state index in [9.17, 15) is 4.79 Å². The maximum Gasteiger partial charge on any atom is 0.214 e. The Morgan fingerprint density at radius 2 is 1.91 bits per heavy atom. The summed E-state index contributed by atoms with van der Waals surface area (Å²) in [6, 6.07) is 13.0. The second kappa shape index (κ2) is 12.0. The molecule has 1 aliphatic carbocycles. The molecule has 0 spiro atoms. The van der Waals surface area contributed by atoms with Gasteiger partial charge < -0.3 is 20.4 Å². The summed E-state index contributed by atoms with van der Waals surface area (Å²) < 4.78 is 23.0. The van der Waals surface area contributed by atoms with Gasteiger partial charge in [0.15, 0.2) is 0 Å². The van der Waals surface area contributed by atoms with Crippen LogP contribution in [-0.4, -0.2) is 44.6 Å². The lowest BCUT2D eigenvalue weighted by Crippen LogP contribution is -2.38. The molecule has 3 heterocycles. The Hall–Kier alpha value is -3.88. The van der Waals surface area contributed by atoms with Gasteiger partial charge >= 0.3 is 0 Å². The first-order valence-corrected chi connectivity index (χ1v) is 15.3. The number of benzene rings is 2. The number of ketones is 1. The minimum Gasteiger partial charge on any atom is -0.460 e. The highest BCUT2D eigenvalue weighted by atomic mass is 35.5. The number of nitrogen functional groups attached to an aromatic ring is 1. The Morgan fingerprint density at radius 1 is 1.14 bits per heavy atom. The van der Waals surface area contributed by atoms with E-state index in [4.69, 9.17) is 22.1 Å². The molecule has 1 unspecified atom stereocenters. The number of allylic oxidation sites excluding steroid dienone is 4. The monoisotopic (exact) mass is 601 g/mol. The van der Waals surface area contributed by atoms with E-state index in [1.165, 1.54) is 12.3 Å². The van der Waals surface area contributed by atoms with E-state index >= 15 is 4.39 Å². The van der Waals surface area contributed by atoms with Crippen molar-refractivity contribution >= 4 is 39.8 Å². The number of nitrogens with zero attached hydrogens (tertiary/aromatic N) is 3. The first kappa shape index (κ1) is 29.2. The molecule has 2 aromatic carbocycles. The van der Waals surface area contributed by atoms with Crippen molar-refractivity contribution in [1.82, 2.24) is 19.7 Å². The van der Waals surface area contributed by atoms with Gasteiger partial charge in [0.1, 0.15) is 23.1 Å². The molecule has 1 saturated heterocycles. The summed E-state index contributed by atoms with van der Waals surface area (Å²) in [5.41, 5.74) is 9.46. The van der Waals surface area contributed by atoms with Crippen LogP contribution >= 0.6 is 11.6 Å². The highest BCUT2D eigenvalue weighted by molar-refractivity contribution is 6.32. The van der Waals surface area contributed by atoms with Crippen LogP contribution in [0.5, 0.6) is 5.75 Å². The third-order valence-corrected chi connectivity index (χ3v) is 9.14. The number of anilines is 1. The third kappa shape index (κ3) is 5.86. The first-order valence-electron chi connectivity index (χ1n) is 15.0. The molecule has 0 radical (unpaired) electrons. The molecule has 0 amide bonds. The number of fused-ring (bicyclic) bond motifs is 1. The Labute approximate surface area is 256 Å². The summed E-state index contributed by atoms with van der Waals surface area (Å²) in [5.74, 6) is 1.45. The van der Waals surface area contributed by atoms with Crippen LogP contribution in [0.25, 0.3) is 16.6 Å². The van der Waals surface area contributed by atoms with Gasteiger partial charge in [0, 0.05) is 28.6 Å². The molecule has 1 aliphatic heterocycles. The number of likely N-dealkylation sites (tertiary alicyclic amines) is 1. The van der Waals surface area contributed by atoms with Crippen LogP contribution < -0.4 is 10.5 Å². The standard InChI is InChI=1S/C34H37ClFN5O2/c1-20(2)40-14-12-22(13-15-40)25-18-29-23(16-28(25)36)17-30(39-29)33(42)26-19-38-41(34(26)37)24-9-8-21(3)31(11-10-24)43-32-7-5-4-6-27(32)35/h4-7,10-11,16-22,39H,8-9,12-15,37H2,1-3H3. The molecular weight excluding hydrogens is 565 g/mol. The maximum absolute atomic E-state index is 15.2. The van der Waals surface area contributed by atoms with Gasteiger partial charge in [-0.25, -0.2) is 9.07 Å². The number of ether oxygens (including phenoxy) is 1. The Balaban J connectivity index is 1.22. The summed E-state index contributed by atoms with van der Waals surface area (Å²) >= 11 is 6.30. The van der Waals surface area contributed by atoms with Crippen LogP contribution in [0.1, 0.15) is 74.0 Å². The average Bonchev–Trinajstić information content (AvgIpc) is 3.54. The zero-order valence-electron chi connectivity index (χ0n) is 24.7. The van der Waals surface area contributed by atoms with Crippen LogP contribution in [0.4, 0.5) is 10.2 Å². The van der Waals surface area contributed by atoms with Crippen LogP contribution in [0.2, 0.25) is 5.02 Å². The van der Waals surface area contributed by atoms with Crippen molar-refractivity contribution in [3.05, 3.63) is 94.2 Å².